The van der Waals surface area contributed by atoms with E-state index < -0.39 is 10.8 Å². The van der Waals surface area contributed by atoms with Crippen LogP contribution in [0.15, 0.2) is 24.3 Å². The van der Waals surface area contributed by atoms with Gasteiger partial charge in [0.05, 0.1) is 7.11 Å². The molecule has 0 heterocycles. The van der Waals surface area contributed by atoms with Crippen molar-refractivity contribution in [2.24, 2.45) is 5.92 Å². The first-order valence-corrected chi connectivity index (χ1v) is 8.25. The minimum absolute atomic E-state index is 0.135. The monoisotopic (exact) mass is 283 g/mol. The van der Waals surface area contributed by atoms with E-state index in [1.54, 1.807) is 7.11 Å². The van der Waals surface area contributed by atoms with Crippen LogP contribution in [0.1, 0.15) is 31.9 Å². The summed E-state index contributed by atoms with van der Waals surface area (Å²) in [4.78, 5) is 0. The van der Waals surface area contributed by atoms with Gasteiger partial charge in [-0.05, 0) is 30.7 Å². The summed E-state index contributed by atoms with van der Waals surface area (Å²) in [6, 6.07) is 8.07. The molecule has 3 atom stereocenters. The highest BCUT2D eigenvalue weighted by Gasteiger charge is 2.14. The van der Waals surface area contributed by atoms with Crippen LogP contribution in [0.4, 0.5) is 0 Å². The van der Waals surface area contributed by atoms with Crippen molar-refractivity contribution in [2.45, 2.75) is 26.3 Å². The van der Waals surface area contributed by atoms with Gasteiger partial charge in [0.2, 0.25) is 0 Å². The Morgan fingerprint density at radius 1 is 1.26 bits per heavy atom. The van der Waals surface area contributed by atoms with Gasteiger partial charge in [-0.1, -0.05) is 32.4 Å². The van der Waals surface area contributed by atoms with Crippen molar-refractivity contribution in [1.82, 2.24) is 5.32 Å². The summed E-state index contributed by atoms with van der Waals surface area (Å²) in [7, 11) is 2.79. The third-order valence-corrected chi connectivity index (χ3v) is 5.03. The van der Waals surface area contributed by atoms with Crippen molar-refractivity contribution in [2.75, 3.05) is 25.7 Å². The standard InChI is InChI=1S/C15H25NO2S/c1-5-12(2)10-19(17)11-15(16-3)13-6-8-14(18-4)9-7-13/h6-9,12,15-16H,5,10-11H2,1-4H3. The van der Waals surface area contributed by atoms with E-state index in [-0.39, 0.29) is 6.04 Å². The minimum atomic E-state index is -0.781. The van der Waals surface area contributed by atoms with Gasteiger partial charge in [-0.15, -0.1) is 0 Å². The average molecular weight is 283 g/mol. The number of benzene rings is 1. The molecule has 0 saturated carbocycles. The van der Waals surface area contributed by atoms with Crippen LogP contribution >= 0.6 is 0 Å². The molecule has 0 aromatic heterocycles. The molecular weight excluding hydrogens is 258 g/mol. The number of ether oxygens (including phenoxy) is 1. The molecule has 3 nitrogen and oxygen atoms in total. The molecule has 3 unspecified atom stereocenters. The highest BCUT2D eigenvalue weighted by molar-refractivity contribution is 7.85. The van der Waals surface area contributed by atoms with Gasteiger partial charge in [0.15, 0.2) is 0 Å². The second kappa shape index (κ2) is 8.33. The van der Waals surface area contributed by atoms with Crippen LogP contribution in [0.5, 0.6) is 5.75 Å². The molecule has 0 aliphatic carbocycles. The van der Waals surface area contributed by atoms with E-state index in [2.05, 4.69) is 19.2 Å². The fraction of sp³-hybridized carbons (Fsp3) is 0.600. The van der Waals surface area contributed by atoms with Gasteiger partial charge in [0.1, 0.15) is 5.75 Å². The second-order valence-corrected chi connectivity index (χ2v) is 6.45. The molecule has 1 aromatic carbocycles. The molecule has 19 heavy (non-hydrogen) atoms. The summed E-state index contributed by atoms with van der Waals surface area (Å²) < 4.78 is 17.3. The van der Waals surface area contributed by atoms with E-state index in [1.165, 1.54) is 0 Å². The lowest BCUT2D eigenvalue weighted by molar-refractivity contribution is 0.414. The number of rotatable bonds is 8. The van der Waals surface area contributed by atoms with E-state index in [9.17, 15) is 4.21 Å². The molecule has 1 N–H and O–H groups in total. The third kappa shape index (κ3) is 5.33. The predicted molar refractivity (Wildman–Crippen MR) is 82.1 cm³/mol. The van der Waals surface area contributed by atoms with Crippen LogP contribution in [-0.4, -0.2) is 29.9 Å². The Hall–Kier alpha value is -0.870. The predicted octanol–water partition coefficient (Wildman–Crippen LogP) is 2.75. The van der Waals surface area contributed by atoms with Crippen molar-refractivity contribution in [1.29, 1.82) is 0 Å². The van der Waals surface area contributed by atoms with E-state index in [1.807, 2.05) is 31.3 Å². The van der Waals surface area contributed by atoms with Crippen LogP contribution < -0.4 is 10.1 Å². The normalized spacial score (nSPS) is 15.8. The lowest BCUT2D eigenvalue weighted by atomic mass is 10.1. The largest absolute Gasteiger partial charge is 0.497 e. The topological polar surface area (TPSA) is 38.3 Å². The van der Waals surface area contributed by atoms with Gasteiger partial charge in [-0.2, -0.15) is 0 Å². The summed E-state index contributed by atoms with van der Waals surface area (Å²) in [5, 5.41) is 3.24. The fourth-order valence-electron chi connectivity index (χ4n) is 1.87. The average Bonchev–Trinajstić information content (AvgIpc) is 2.44. The summed E-state index contributed by atoms with van der Waals surface area (Å²) in [6.07, 6.45) is 1.08. The quantitative estimate of drug-likeness (QED) is 0.797. The molecule has 0 amide bonds. The van der Waals surface area contributed by atoms with E-state index >= 15 is 0 Å². The first kappa shape index (κ1) is 16.2. The maximum atomic E-state index is 12.1. The third-order valence-electron chi connectivity index (χ3n) is 3.39. The Kier molecular flexibility index (Phi) is 7.10. The highest BCUT2D eigenvalue weighted by atomic mass is 32.2. The van der Waals surface area contributed by atoms with Crippen LogP contribution in [-0.2, 0) is 10.8 Å². The lowest BCUT2D eigenvalue weighted by Crippen LogP contribution is -2.24. The summed E-state index contributed by atoms with van der Waals surface area (Å²) in [5.74, 6) is 2.81. The molecule has 0 bridgehead atoms. The highest BCUT2D eigenvalue weighted by Crippen LogP contribution is 2.19. The minimum Gasteiger partial charge on any atom is -0.497 e. The van der Waals surface area contributed by atoms with Gasteiger partial charge in [0.25, 0.3) is 0 Å². The van der Waals surface area contributed by atoms with Crippen LogP contribution in [0.2, 0.25) is 0 Å². The second-order valence-electron chi connectivity index (χ2n) is 4.90. The molecule has 0 saturated heterocycles. The number of nitrogens with one attached hydrogen (secondary N) is 1. The summed E-state index contributed by atoms with van der Waals surface area (Å²) in [6.45, 7) is 4.29. The first-order valence-electron chi connectivity index (χ1n) is 6.76. The molecule has 0 spiro atoms. The van der Waals surface area contributed by atoms with E-state index in [4.69, 9.17) is 4.74 Å². The Bertz CT molecular complexity index is 392. The van der Waals surface area contributed by atoms with Gasteiger partial charge in [-0.25, -0.2) is 0 Å². The SMILES string of the molecule is CCC(C)CS(=O)CC(NC)c1ccc(OC)cc1. The molecule has 0 aliphatic rings. The van der Waals surface area contributed by atoms with Crippen molar-refractivity contribution >= 4 is 10.8 Å². The molecular formula is C15H25NO2S. The molecule has 1 aromatic rings. The van der Waals surface area contributed by atoms with Crippen molar-refractivity contribution in [3.8, 4) is 5.75 Å². The van der Waals surface area contributed by atoms with E-state index in [0.717, 1.165) is 23.5 Å². The molecule has 108 valence electrons. The molecule has 0 aliphatic heterocycles. The smallest absolute Gasteiger partial charge is 0.118 e. The van der Waals surface area contributed by atoms with E-state index in [0.29, 0.717) is 11.7 Å². The summed E-state index contributed by atoms with van der Waals surface area (Å²) >= 11 is 0. The van der Waals surface area contributed by atoms with Crippen LogP contribution in [0.3, 0.4) is 0 Å². The zero-order chi connectivity index (χ0) is 14.3. The van der Waals surface area contributed by atoms with Crippen LogP contribution in [0, 0.1) is 5.92 Å². The first-order chi connectivity index (χ1) is 9.10. The van der Waals surface area contributed by atoms with Crippen LogP contribution in [0.25, 0.3) is 0 Å². The maximum absolute atomic E-state index is 12.1. The maximum Gasteiger partial charge on any atom is 0.118 e. The lowest BCUT2D eigenvalue weighted by Gasteiger charge is -2.17. The number of hydrogen-bond donors (Lipinski definition) is 1. The Labute approximate surface area is 119 Å². The molecule has 1 rings (SSSR count). The zero-order valence-electron chi connectivity index (χ0n) is 12.3. The number of methoxy groups -OCH3 is 1. The van der Waals surface area contributed by atoms with Crippen molar-refractivity contribution < 1.29 is 8.95 Å². The van der Waals surface area contributed by atoms with Gasteiger partial charge in [0, 0.05) is 28.3 Å². The van der Waals surface area contributed by atoms with Gasteiger partial charge >= 0.3 is 0 Å². The van der Waals surface area contributed by atoms with Gasteiger partial charge in [-0.3, -0.25) is 4.21 Å². The van der Waals surface area contributed by atoms with Crippen molar-refractivity contribution in [3.63, 3.8) is 0 Å². The number of hydrogen-bond acceptors (Lipinski definition) is 3. The van der Waals surface area contributed by atoms with Gasteiger partial charge < -0.3 is 10.1 Å². The molecule has 0 radical (unpaired) electrons. The Morgan fingerprint density at radius 2 is 1.89 bits per heavy atom. The summed E-state index contributed by atoms with van der Waals surface area (Å²) in [5.41, 5.74) is 1.15. The molecule has 0 fully saturated rings. The fourth-order valence-corrected chi connectivity index (χ4v) is 3.61. The molecule has 4 heteroatoms. The Balaban J connectivity index is 2.64. The Morgan fingerprint density at radius 3 is 2.37 bits per heavy atom. The zero-order valence-corrected chi connectivity index (χ0v) is 13.1. The van der Waals surface area contributed by atoms with Crippen molar-refractivity contribution in [3.05, 3.63) is 29.8 Å².